The lowest BCUT2D eigenvalue weighted by molar-refractivity contribution is -0.137. The zero-order valence-corrected chi connectivity index (χ0v) is 17.9. The van der Waals surface area contributed by atoms with Gasteiger partial charge in [-0.1, -0.05) is 17.3 Å². The standard InChI is InChI=1S/C24H26F3N3O2/c1-29-11-13-30(14-12-29)10-3-15-31-21-8-6-18(7-9-21)23-17-22(28-32-23)19-4-2-5-20(16-19)24(25,26)27/h2,4-9,16-17H,3,10-15H2,1H3. The van der Waals surface area contributed by atoms with Gasteiger partial charge in [-0.25, -0.2) is 0 Å². The number of halogens is 3. The first-order valence-corrected chi connectivity index (χ1v) is 10.7. The number of rotatable bonds is 7. The third kappa shape index (κ3) is 5.69. The third-order valence-electron chi connectivity index (χ3n) is 5.62. The van der Waals surface area contributed by atoms with Gasteiger partial charge in [0.2, 0.25) is 0 Å². The molecule has 0 spiro atoms. The van der Waals surface area contributed by atoms with Crippen molar-refractivity contribution in [1.82, 2.24) is 15.0 Å². The van der Waals surface area contributed by atoms with Crippen LogP contribution in [0.2, 0.25) is 0 Å². The molecule has 1 saturated heterocycles. The lowest BCUT2D eigenvalue weighted by Gasteiger charge is -2.32. The first-order chi connectivity index (χ1) is 15.4. The van der Waals surface area contributed by atoms with E-state index >= 15 is 0 Å². The molecule has 5 nitrogen and oxygen atoms in total. The molecule has 1 fully saturated rings. The maximum atomic E-state index is 13.0. The van der Waals surface area contributed by atoms with Crippen LogP contribution in [0, 0.1) is 0 Å². The molecule has 0 aliphatic carbocycles. The summed E-state index contributed by atoms with van der Waals surface area (Å²) in [6, 6.07) is 14.1. The number of benzene rings is 2. The minimum Gasteiger partial charge on any atom is -0.494 e. The van der Waals surface area contributed by atoms with Crippen LogP contribution in [-0.4, -0.2) is 61.3 Å². The molecule has 0 amide bonds. The van der Waals surface area contributed by atoms with Crippen LogP contribution < -0.4 is 4.74 Å². The lowest BCUT2D eigenvalue weighted by atomic mass is 10.1. The van der Waals surface area contributed by atoms with Crippen molar-refractivity contribution in [2.24, 2.45) is 0 Å². The van der Waals surface area contributed by atoms with E-state index in [1.807, 2.05) is 24.3 Å². The zero-order valence-electron chi connectivity index (χ0n) is 17.9. The van der Waals surface area contributed by atoms with Crippen molar-refractivity contribution < 1.29 is 22.4 Å². The molecule has 32 heavy (non-hydrogen) atoms. The number of piperazine rings is 1. The fourth-order valence-corrected chi connectivity index (χ4v) is 3.67. The van der Waals surface area contributed by atoms with Gasteiger partial charge in [0.1, 0.15) is 11.4 Å². The van der Waals surface area contributed by atoms with E-state index in [-0.39, 0.29) is 0 Å². The Hall–Kier alpha value is -2.84. The van der Waals surface area contributed by atoms with Crippen LogP contribution in [0.1, 0.15) is 12.0 Å². The predicted molar refractivity (Wildman–Crippen MR) is 116 cm³/mol. The van der Waals surface area contributed by atoms with Crippen LogP contribution in [0.3, 0.4) is 0 Å². The van der Waals surface area contributed by atoms with Gasteiger partial charge in [-0.15, -0.1) is 0 Å². The van der Waals surface area contributed by atoms with E-state index in [0.29, 0.717) is 23.6 Å². The Labute approximate surface area is 185 Å². The summed E-state index contributed by atoms with van der Waals surface area (Å²) in [6.45, 7) is 6.10. The minimum atomic E-state index is -4.40. The molecule has 0 bridgehead atoms. The predicted octanol–water partition coefficient (Wildman–Crippen LogP) is 5.04. The van der Waals surface area contributed by atoms with E-state index in [0.717, 1.165) is 62.6 Å². The highest BCUT2D eigenvalue weighted by atomic mass is 19.4. The monoisotopic (exact) mass is 445 g/mol. The van der Waals surface area contributed by atoms with Crippen molar-refractivity contribution in [3.63, 3.8) is 0 Å². The maximum Gasteiger partial charge on any atom is 0.416 e. The summed E-state index contributed by atoms with van der Waals surface area (Å²) >= 11 is 0. The molecular formula is C24H26F3N3O2. The van der Waals surface area contributed by atoms with Gasteiger partial charge < -0.3 is 19.1 Å². The summed E-state index contributed by atoms with van der Waals surface area (Å²) in [4.78, 5) is 4.80. The molecule has 3 aromatic rings. The molecule has 0 saturated carbocycles. The molecule has 0 radical (unpaired) electrons. The van der Waals surface area contributed by atoms with Gasteiger partial charge >= 0.3 is 6.18 Å². The molecule has 4 rings (SSSR count). The second-order valence-corrected chi connectivity index (χ2v) is 8.03. The number of hydrogen-bond acceptors (Lipinski definition) is 5. The van der Waals surface area contributed by atoms with E-state index in [4.69, 9.17) is 9.26 Å². The van der Waals surface area contributed by atoms with Crippen molar-refractivity contribution in [1.29, 1.82) is 0 Å². The summed E-state index contributed by atoms with van der Waals surface area (Å²) in [7, 11) is 2.15. The molecule has 170 valence electrons. The lowest BCUT2D eigenvalue weighted by Crippen LogP contribution is -2.44. The Balaban J connectivity index is 1.31. The molecule has 0 N–H and O–H groups in total. The quantitative estimate of drug-likeness (QED) is 0.477. The normalized spacial score (nSPS) is 15.8. The van der Waals surface area contributed by atoms with Crippen molar-refractivity contribution in [2.45, 2.75) is 12.6 Å². The van der Waals surface area contributed by atoms with Crippen molar-refractivity contribution in [3.05, 3.63) is 60.2 Å². The van der Waals surface area contributed by atoms with Gasteiger partial charge in [0.05, 0.1) is 12.2 Å². The second kappa shape index (κ2) is 9.75. The topological polar surface area (TPSA) is 41.7 Å². The Morgan fingerprint density at radius 2 is 1.72 bits per heavy atom. The molecule has 2 aromatic carbocycles. The van der Waals surface area contributed by atoms with Crippen LogP contribution in [0.15, 0.2) is 59.1 Å². The first kappa shape index (κ1) is 22.4. The highest BCUT2D eigenvalue weighted by molar-refractivity contribution is 5.67. The number of ether oxygens (including phenoxy) is 1. The molecule has 1 aromatic heterocycles. The second-order valence-electron chi connectivity index (χ2n) is 8.03. The van der Waals surface area contributed by atoms with Crippen LogP contribution in [0.25, 0.3) is 22.6 Å². The number of nitrogens with zero attached hydrogens (tertiary/aromatic N) is 3. The highest BCUT2D eigenvalue weighted by Gasteiger charge is 2.30. The van der Waals surface area contributed by atoms with Gasteiger partial charge in [-0.2, -0.15) is 13.2 Å². The van der Waals surface area contributed by atoms with E-state index < -0.39 is 11.7 Å². The Kier molecular flexibility index (Phi) is 6.81. The number of aromatic nitrogens is 1. The SMILES string of the molecule is CN1CCN(CCCOc2ccc(-c3cc(-c4cccc(C(F)(F)F)c4)no3)cc2)CC1. The van der Waals surface area contributed by atoms with Crippen molar-refractivity contribution in [2.75, 3.05) is 46.4 Å². The fourth-order valence-electron chi connectivity index (χ4n) is 3.67. The maximum absolute atomic E-state index is 13.0. The smallest absolute Gasteiger partial charge is 0.416 e. The largest absolute Gasteiger partial charge is 0.494 e. The van der Waals surface area contributed by atoms with E-state index in [9.17, 15) is 13.2 Å². The van der Waals surface area contributed by atoms with Crippen molar-refractivity contribution in [3.8, 4) is 28.3 Å². The molecule has 1 aliphatic rings. The highest BCUT2D eigenvalue weighted by Crippen LogP contribution is 2.33. The van der Waals surface area contributed by atoms with Crippen LogP contribution in [-0.2, 0) is 6.18 Å². The summed E-state index contributed by atoms with van der Waals surface area (Å²) < 4.78 is 50.1. The summed E-state index contributed by atoms with van der Waals surface area (Å²) in [5, 5.41) is 3.94. The van der Waals surface area contributed by atoms with Crippen LogP contribution in [0.5, 0.6) is 5.75 Å². The summed E-state index contributed by atoms with van der Waals surface area (Å²) in [6.07, 6.45) is -3.43. The Morgan fingerprint density at radius 3 is 2.44 bits per heavy atom. The fraction of sp³-hybridized carbons (Fsp3) is 0.375. The van der Waals surface area contributed by atoms with Gasteiger partial charge in [0.15, 0.2) is 5.76 Å². The van der Waals surface area contributed by atoms with Crippen molar-refractivity contribution >= 4 is 0 Å². The Morgan fingerprint density at radius 1 is 0.969 bits per heavy atom. The van der Waals surface area contributed by atoms with Gasteiger partial charge in [0.25, 0.3) is 0 Å². The molecule has 2 heterocycles. The molecular weight excluding hydrogens is 419 g/mol. The molecule has 8 heteroatoms. The summed E-state index contributed by atoms with van der Waals surface area (Å²) in [5.74, 6) is 1.25. The summed E-state index contributed by atoms with van der Waals surface area (Å²) in [5.41, 5.74) is 0.777. The molecule has 1 aliphatic heterocycles. The van der Waals surface area contributed by atoms with E-state index in [1.165, 1.54) is 6.07 Å². The Bertz CT molecular complexity index is 1010. The van der Waals surface area contributed by atoms with E-state index in [2.05, 4.69) is 22.0 Å². The third-order valence-corrected chi connectivity index (χ3v) is 5.62. The molecule has 0 unspecified atom stereocenters. The average Bonchev–Trinajstić information content (AvgIpc) is 3.28. The average molecular weight is 445 g/mol. The van der Waals surface area contributed by atoms with E-state index in [1.54, 1.807) is 12.1 Å². The number of hydrogen-bond donors (Lipinski definition) is 0. The minimum absolute atomic E-state index is 0.357. The molecule has 0 atom stereocenters. The zero-order chi connectivity index (χ0) is 22.6. The van der Waals surface area contributed by atoms with Crippen LogP contribution >= 0.6 is 0 Å². The van der Waals surface area contributed by atoms with Gasteiger partial charge in [0, 0.05) is 49.9 Å². The van der Waals surface area contributed by atoms with Gasteiger partial charge in [-0.05, 0) is 49.9 Å². The first-order valence-electron chi connectivity index (χ1n) is 10.7. The van der Waals surface area contributed by atoms with Crippen LogP contribution in [0.4, 0.5) is 13.2 Å². The number of alkyl halides is 3. The number of likely N-dealkylation sites (N-methyl/N-ethyl adjacent to an activating group) is 1. The van der Waals surface area contributed by atoms with Gasteiger partial charge in [-0.3, -0.25) is 0 Å².